The quantitative estimate of drug-likeness (QED) is 0.853. The van der Waals surface area contributed by atoms with Gasteiger partial charge in [0.15, 0.2) is 0 Å². The van der Waals surface area contributed by atoms with Gasteiger partial charge in [-0.1, -0.05) is 6.07 Å². The Bertz CT molecular complexity index is 596. The van der Waals surface area contributed by atoms with Crippen molar-refractivity contribution in [1.29, 1.82) is 0 Å². The molecule has 0 aliphatic heterocycles. The number of nitrogens with one attached hydrogen (secondary N) is 1. The van der Waals surface area contributed by atoms with E-state index in [1.165, 1.54) is 23.9 Å². The van der Waals surface area contributed by atoms with Gasteiger partial charge in [0.1, 0.15) is 11.6 Å². The van der Waals surface area contributed by atoms with Crippen LogP contribution >= 0.6 is 11.8 Å². The minimum atomic E-state index is -0.218. The first-order chi connectivity index (χ1) is 9.92. The van der Waals surface area contributed by atoms with Crippen molar-refractivity contribution in [3.63, 3.8) is 0 Å². The second kappa shape index (κ2) is 7.00. The van der Waals surface area contributed by atoms with E-state index >= 15 is 0 Å². The van der Waals surface area contributed by atoms with Crippen LogP contribution in [0.5, 0.6) is 0 Å². The molecule has 112 valence electrons. The van der Waals surface area contributed by atoms with E-state index in [1.54, 1.807) is 12.3 Å². The summed E-state index contributed by atoms with van der Waals surface area (Å²) in [6.45, 7) is 7.07. The average Bonchev–Trinajstić information content (AvgIpc) is 2.43. The molecule has 2 aromatic rings. The van der Waals surface area contributed by atoms with E-state index in [0.29, 0.717) is 12.3 Å². The molecule has 0 saturated carbocycles. The van der Waals surface area contributed by atoms with Crippen LogP contribution in [0.2, 0.25) is 0 Å². The van der Waals surface area contributed by atoms with Crippen molar-refractivity contribution >= 4 is 11.8 Å². The SMILES string of the molecule is CC(C)(C)NCc1ccnc(CSc2cccc(F)c2)n1. The molecule has 0 aliphatic rings. The van der Waals surface area contributed by atoms with Crippen molar-refractivity contribution in [1.82, 2.24) is 15.3 Å². The highest BCUT2D eigenvalue weighted by atomic mass is 32.2. The molecule has 1 aromatic heterocycles. The molecule has 0 saturated heterocycles. The Morgan fingerprint density at radius 3 is 2.76 bits per heavy atom. The van der Waals surface area contributed by atoms with Gasteiger partial charge in [-0.05, 0) is 45.0 Å². The van der Waals surface area contributed by atoms with Crippen LogP contribution in [0.25, 0.3) is 0 Å². The second-order valence-electron chi connectivity index (χ2n) is 5.81. The highest BCUT2D eigenvalue weighted by Crippen LogP contribution is 2.21. The molecule has 5 heteroatoms. The average molecular weight is 305 g/mol. The van der Waals surface area contributed by atoms with Crippen molar-refractivity contribution in [2.45, 2.75) is 43.5 Å². The first kappa shape index (κ1) is 15.9. The maximum Gasteiger partial charge on any atom is 0.138 e. The highest BCUT2D eigenvalue weighted by Gasteiger charge is 2.09. The summed E-state index contributed by atoms with van der Waals surface area (Å²) in [5, 5.41) is 3.40. The van der Waals surface area contributed by atoms with Crippen molar-refractivity contribution in [3.05, 3.63) is 53.9 Å². The second-order valence-corrected chi connectivity index (χ2v) is 6.86. The minimum Gasteiger partial charge on any atom is -0.306 e. The van der Waals surface area contributed by atoms with Crippen LogP contribution in [-0.4, -0.2) is 15.5 Å². The van der Waals surface area contributed by atoms with Crippen LogP contribution in [-0.2, 0) is 12.3 Å². The molecule has 0 aliphatic carbocycles. The Labute approximate surface area is 129 Å². The molecule has 0 bridgehead atoms. The lowest BCUT2D eigenvalue weighted by molar-refractivity contribution is 0.421. The number of hydrogen-bond donors (Lipinski definition) is 1. The van der Waals surface area contributed by atoms with Gasteiger partial charge in [-0.25, -0.2) is 14.4 Å². The molecule has 0 unspecified atom stereocenters. The summed E-state index contributed by atoms with van der Waals surface area (Å²) < 4.78 is 13.1. The van der Waals surface area contributed by atoms with Crippen LogP contribution in [0.1, 0.15) is 32.3 Å². The fourth-order valence-electron chi connectivity index (χ4n) is 1.67. The molecule has 2 rings (SSSR count). The number of nitrogens with zero attached hydrogens (tertiary/aromatic N) is 2. The summed E-state index contributed by atoms with van der Waals surface area (Å²) in [7, 11) is 0. The molecule has 0 spiro atoms. The molecular formula is C16H20FN3S. The van der Waals surface area contributed by atoms with E-state index in [9.17, 15) is 4.39 Å². The van der Waals surface area contributed by atoms with Crippen molar-refractivity contribution < 1.29 is 4.39 Å². The molecule has 0 atom stereocenters. The Kier molecular flexibility index (Phi) is 5.31. The lowest BCUT2D eigenvalue weighted by Gasteiger charge is -2.20. The normalized spacial score (nSPS) is 11.6. The molecule has 1 N–H and O–H groups in total. The predicted molar refractivity (Wildman–Crippen MR) is 84.6 cm³/mol. The molecular weight excluding hydrogens is 285 g/mol. The zero-order valence-corrected chi connectivity index (χ0v) is 13.4. The fourth-order valence-corrected chi connectivity index (χ4v) is 2.48. The summed E-state index contributed by atoms with van der Waals surface area (Å²) >= 11 is 1.53. The fraction of sp³-hybridized carbons (Fsp3) is 0.375. The molecule has 21 heavy (non-hydrogen) atoms. The smallest absolute Gasteiger partial charge is 0.138 e. The first-order valence-electron chi connectivity index (χ1n) is 6.86. The third kappa shape index (κ3) is 5.81. The lowest BCUT2D eigenvalue weighted by Crippen LogP contribution is -2.35. The van der Waals surface area contributed by atoms with Crippen LogP contribution in [0.4, 0.5) is 4.39 Å². The van der Waals surface area contributed by atoms with Crippen LogP contribution in [0.15, 0.2) is 41.4 Å². The van der Waals surface area contributed by atoms with E-state index in [1.807, 2.05) is 12.1 Å². The van der Waals surface area contributed by atoms with Gasteiger partial charge < -0.3 is 5.32 Å². The third-order valence-electron chi connectivity index (χ3n) is 2.73. The van der Waals surface area contributed by atoms with Gasteiger partial charge in [0.05, 0.1) is 11.4 Å². The van der Waals surface area contributed by atoms with E-state index < -0.39 is 0 Å². The standard InChI is InChI=1S/C16H20FN3S/c1-16(2,3)19-10-13-7-8-18-15(20-13)11-21-14-6-4-5-12(17)9-14/h4-9,19H,10-11H2,1-3H3. The highest BCUT2D eigenvalue weighted by molar-refractivity contribution is 7.98. The van der Waals surface area contributed by atoms with Gasteiger partial charge in [0.25, 0.3) is 0 Å². The first-order valence-corrected chi connectivity index (χ1v) is 7.85. The summed E-state index contributed by atoms with van der Waals surface area (Å²) in [5.41, 5.74) is 1.02. The largest absolute Gasteiger partial charge is 0.306 e. The molecule has 1 aromatic carbocycles. The topological polar surface area (TPSA) is 37.8 Å². The summed E-state index contributed by atoms with van der Waals surface area (Å²) in [6, 6.07) is 8.48. The molecule has 0 amide bonds. The molecule has 0 radical (unpaired) electrons. The third-order valence-corrected chi connectivity index (χ3v) is 3.72. The molecule has 1 heterocycles. The van der Waals surface area contributed by atoms with E-state index in [-0.39, 0.29) is 11.4 Å². The Hall–Kier alpha value is -1.46. The monoisotopic (exact) mass is 305 g/mol. The molecule has 3 nitrogen and oxygen atoms in total. The van der Waals surface area contributed by atoms with E-state index in [0.717, 1.165) is 16.4 Å². The zero-order valence-electron chi connectivity index (χ0n) is 12.6. The number of rotatable bonds is 5. The summed E-state index contributed by atoms with van der Waals surface area (Å²) in [4.78, 5) is 9.68. The predicted octanol–water partition coefficient (Wildman–Crippen LogP) is 3.80. The Balaban J connectivity index is 1.95. The maximum atomic E-state index is 13.1. The van der Waals surface area contributed by atoms with Gasteiger partial charge in [0.2, 0.25) is 0 Å². The number of aromatic nitrogens is 2. The van der Waals surface area contributed by atoms with Crippen LogP contribution in [0.3, 0.4) is 0 Å². The van der Waals surface area contributed by atoms with Crippen LogP contribution < -0.4 is 5.32 Å². The van der Waals surface area contributed by atoms with Gasteiger partial charge in [-0.15, -0.1) is 11.8 Å². The van der Waals surface area contributed by atoms with Gasteiger partial charge >= 0.3 is 0 Å². The van der Waals surface area contributed by atoms with E-state index in [2.05, 4.69) is 36.1 Å². The maximum absolute atomic E-state index is 13.1. The van der Waals surface area contributed by atoms with Crippen LogP contribution in [0, 0.1) is 5.82 Å². The van der Waals surface area contributed by atoms with Gasteiger partial charge in [-0.2, -0.15) is 0 Å². The Morgan fingerprint density at radius 2 is 2.05 bits per heavy atom. The van der Waals surface area contributed by atoms with E-state index in [4.69, 9.17) is 0 Å². The van der Waals surface area contributed by atoms with Gasteiger partial charge in [0, 0.05) is 23.2 Å². The summed E-state index contributed by atoms with van der Waals surface area (Å²) in [5.74, 6) is 1.17. The molecule has 0 fully saturated rings. The van der Waals surface area contributed by atoms with Crippen molar-refractivity contribution in [2.75, 3.05) is 0 Å². The van der Waals surface area contributed by atoms with Gasteiger partial charge in [-0.3, -0.25) is 0 Å². The Morgan fingerprint density at radius 1 is 1.24 bits per heavy atom. The lowest BCUT2D eigenvalue weighted by atomic mass is 10.1. The minimum absolute atomic E-state index is 0.0570. The van der Waals surface area contributed by atoms with Crippen molar-refractivity contribution in [2.24, 2.45) is 0 Å². The number of thioether (sulfide) groups is 1. The zero-order chi connectivity index (χ0) is 15.3. The summed E-state index contributed by atoms with van der Waals surface area (Å²) in [6.07, 6.45) is 1.77. The number of halogens is 1. The number of benzene rings is 1. The number of hydrogen-bond acceptors (Lipinski definition) is 4. The van der Waals surface area contributed by atoms with Crippen molar-refractivity contribution in [3.8, 4) is 0 Å².